The van der Waals surface area contributed by atoms with E-state index in [9.17, 15) is 4.79 Å². The van der Waals surface area contributed by atoms with Crippen molar-refractivity contribution in [1.29, 1.82) is 0 Å². The summed E-state index contributed by atoms with van der Waals surface area (Å²) < 4.78 is 0. The van der Waals surface area contributed by atoms with Gasteiger partial charge in [-0.05, 0) is 36.3 Å². The molecule has 0 bridgehead atoms. The van der Waals surface area contributed by atoms with Crippen molar-refractivity contribution in [3.63, 3.8) is 0 Å². The van der Waals surface area contributed by atoms with Crippen molar-refractivity contribution in [3.8, 4) is 0 Å². The van der Waals surface area contributed by atoms with Gasteiger partial charge in [0.05, 0.1) is 5.41 Å². The SMILES string of the molecule is CC(=O)C1(c2ccc(C(C)(C)C)cc2)CCCCC1. The van der Waals surface area contributed by atoms with Gasteiger partial charge in [0.25, 0.3) is 0 Å². The Kier molecular flexibility index (Phi) is 3.85. The van der Waals surface area contributed by atoms with E-state index in [0.29, 0.717) is 5.78 Å². The maximum Gasteiger partial charge on any atom is 0.140 e. The van der Waals surface area contributed by atoms with Crippen LogP contribution < -0.4 is 0 Å². The van der Waals surface area contributed by atoms with Gasteiger partial charge in [-0.1, -0.05) is 64.3 Å². The molecule has 104 valence electrons. The van der Waals surface area contributed by atoms with Crippen LogP contribution in [0.2, 0.25) is 0 Å². The van der Waals surface area contributed by atoms with E-state index >= 15 is 0 Å². The van der Waals surface area contributed by atoms with Gasteiger partial charge in [-0.2, -0.15) is 0 Å². The molecule has 0 saturated heterocycles. The van der Waals surface area contributed by atoms with Crippen LogP contribution in [0.15, 0.2) is 24.3 Å². The molecule has 1 aliphatic carbocycles. The number of benzene rings is 1. The summed E-state index contributed by atoms with van der Waals surface area (Å²) in [6, 6.07) is 8.78. The third-order valence-electron chi connectivity index (χ3n) is 4.68. The normalized spacial score (nSPS) is 19.2. The van der Waals surface area contributed by atoms with E-state index in [1.807, 2.05) is 0 Å². The molecule has 1 saturated carbocycles. The standard InChI is InChI=1S/C18H26O/c1-14(19)18(12-6-5-7-13-18)16-10-8-15(9-11-16)17(2,3)4/h8-11H,5-7,12-13H2,1-4H3. The number of hydrogen-bond donors (Lipinski definition) is 0. The molecule has 1 heteroatoms. The van der Waals surface area contributed by atoms with Gasteiger partial charge < -0.3 is 0 Å². The average Bonchev–Trinajstić information content (AvgIpc) is 2.38. The molecule has 0 spiro atoms. The lowest BCUT2D eigenvalue weighted by molar-refractivity contribution is -0.123. The summed E-state index contributed by atoms with van der Waals surface area (Å²) in [5.74, 6) is 0.343. The lowest BCUT2D eigenvalue weighted by Gasteiger charge is -2.36. The molecule has 0 aliphatic heterocycles. The Morgan fingerprint density at radius 1 is 1.00 bits per heavy atom. The van der Waals surface area contributed by atoms with Crippen molar-refractivity contribution < 1.29 is 4.79 Å². The van der Waals surface area contributed by atoms with Crippen molar-refractivity contribution in [2.24, 2.45) is 0 Å². The third kappa shape index (κ3) is 2.75. The minimum absolute atomic E-state index is 0.175. The van der Waals surface area contributed by atoms with E-state index in [1.54, 1.807) is 6.92 Å². The predicted octanol–water partition coefficient (Wildman–Crippen LogP) is 4.78. The van der Waals surface area contributed by atoms with Gasteiger partial charge in [0.1, 0.15) is 5.78 Å². The largest absolute Gasteiger partial charge is 0.299 e. The van der Waals surface area contributed by atoms with E-state index < -0.39 is 0 Å². The van der Waals surface area contributed by atoms with E-state index in [4.69, 9.17) is 0 Å². The van der Waals surface area contributed by atoms with E-state index in [0.717, 1.165) is 12.8 Å². The van der Waals surface area contributed by atoms with Gasteiger partial charge in [0, 0.05) is 0 Å². The molecule has 0 amide bonds. The van der Waals surface area contributed by atoms with Gasteiger partial charge in [-0.3, -0.25) is 4.79 Å². The molecule has 2 rings (SSSR count). The van der Waals surface area contributed by atoms with Crippen LogP contribution in [-0.4, -0.2) is 5.78 Å². The zero-order valence-corrected chi connectivity index (χ0v) is 12.8. The number of carbonyl (C=O) groups excluding carboxylic acids is 1. The molecule has 0 atom stereocenters. The maximum absolute atomic E-state index is 12.2. The number of hydrogen-bond acceptors (Lipinski definition) is 1. The van der Waals surface area contributed by atoms with Gasteiger partial charge in [0.15, 0.2) is 0 Å². The van der Waals surface area contributed by atoms with Crippen molar-refractivity contribution in [2.45, 2.75) is 70.6 Å². The fourth-order valence-electron chi connectivity index (χ4n) is 3.29. The highest BCUT2D eigenvalue weighted by Gasteiger charge is 2.38. The van der Waals surface area contributed by atoms with E-state index in [-0.39, 0.29) is 10.8 Å². The Hall–Kier alpha value is -1.11. The minimum Gasteiger partial charge on any atom is -0.299 e. The van der Waals surface area contributed by atoms with Crippen LogP contribution in [0.25, 0.3) is 0 Å². The minimum atomic E-state index is -0.200. The molecule has 1 aromatic carbocycles. The summed E-state index contributed by atoms with van der Waals surface area (Å²) >= 11 is 0. The highest BCUT2D eigenvalue weighted by atomic mass is 16.1. The summed E-state index contributed by atoms with van der Waals surface area (Å²) in [6.45, 7) is 8.44. The fraction of sp³-hybridized carbons (Fsp3) is 0.611. The second-order valence-corrected chi connectivity index (χ2v) is 7.03. The number of ketones is 1. The molecule has 0 aromatic heterocycles. The summed E-state index contributed by atoms with van der Waals surface area (Å²) in [5.41, 5.74) is 2.54. The molecular formula is C18H26O. The maximum atomic E-state index is 12.2. The first-order valence-corrected chi connectivity index (χ1v) is 7.48. The highest BCUT2D eigenvalue weighted by molar-refractivity contribution is 5.88. The van der Waals surface area contributed by atoms with Crippen LogP contribution in [0, 0.1) is 0 Å². The Morgan fingerprint density at radius 3 is 1.95 bits per heavy atom. The zero-order chi connectivity index (χ0) is 14.1. The molecule has 1 nitrogen and oxygen atoms in total. The molecule has 0 N–H and O–H groups in total. The monoisotopic (exact) mass is 258 g/mol. The van der Waals surface area contributed by atoms with Crippen LogP contribution in [-0.2, 0) is 15.6 Å². The molecule has 1 aromatic rings. The fourth-order valence-corrected chi connectivity index (χ4v) is 3.29. The Labute approximate surface area is 117 Å². The quantitative estimate of drug-likeness (QED) is 0.746. The van der Waals surface area contributed by atoms with Crippen molar-refractivity contribution in [2.75, 3.05) is 0 Å². The van der Waals surface area contributed by atoms with Crippen LogP contribution in [0.3, 0.4) is 0 Å². The second kappa shape index (κ2) is 5.11. The number of carbonyl (C=O) groups is 1. The third-order valence-corrected chi connectivity index (χ3v) is 4.68. The van der Waals surface area contributed by atoms with Crippen LogP contribution in [0.4, 0.5) is 0 Å². The van der Waals surface area contributed by atoms with Crippen molar-refractivity contribution in [3.05, 3.63) is 35.4 Å². The van der Waals surface area contributed by atoms with Gasteiger partial charge >= 0.3 is 0 Å². The first kappa shape index (κ1) is 14.3. The predicted molar refractivity (Wildman–Crippen MR) is 80.6 cm³/mol. The van der Waals surface area contributed by atoms with Crippen LogP contribution in [0.1, 0.15) is 70.9 Å². The molecular weight excluding hydrogens is 232 g/mol. The zero-order valence-electron chi connectivity index (χ0n) is 12.8. The van der Waals surface area contributed by atoms with Gasteiger partial charge in [0.2, 0.25) is 0 Å². The molecule has 19 heavy (non-hydrogen) atoms. The smallest absolute Gasteiger partial charge is 0.140 e. The summed E-state index contributed by atoms with van der Waals surface area (Å²) in [7, 11) is 0. The molecule has 0 unspecified atom stereocenters. The lowest BCUT2D eigenvalue weighted by atomic mass is 9.67. The Morgan fingerprint density at radius 2 is 1.53 bits per heavy atom. The molecule has 1 aliphatic rings. The molecule has 0 radical (unpaired) electrons. The summed E-state index contributed by atoms with van der Waals surface area (Å²) in [5, 5.41) is 0. The Bertz CT molecular complexity index is 442. The lowest BCUT2D eigenvalue weighted by Crippen LogP contribution is -2.36. The average molecular weight is 258 g/mol. The van der Waals surface area contributed by atoms with E-state index in [2.05, 4.69) is 45.0 Å². The van der Waals surface area contributed by atoms with Gasteiger partial charge in [-0.15, -0.1) is 0 Å². The van der Waals surface area contributed by atoms with Gasteiger partial charge in [-0.25, -0.2) is 0 Å². The first-order valence-electron chi connectivity index (χ1n) is 7.48. The first-order chi connectivity index (χ1) is 8.86. The van der Waals surface area contributed by atoms with Crippen LogP contribution >= 0.6 is 0 Å². The number of Topliss-reactive ketones (excluding diaryl/α,β-unsaturated/α-hetero) is 1. The topological polar surface area (TPSA) is 17.1 Å². The second-order valence-electron chi connectivity index (χ2n) is 7.03. The van der Waals surface area contributed by atoms with E-state index in [1.165, 1.54) is 30.4 Å². The van der Waals surface area contributed by atoms with Crippen molar-refractivity contribution in [1.82, 2.24) is 0 Å². The molecule has 1 fully saturated rings. The molecule has 0 heterocycles. The summed E-state index contributed by atoms with van der Waals surface area (Å²) in [6.07, 6.45) is 5.69. The number of rotatable bonds is 2. The Balaban J connectivity index is 2.36. The highest BCUT2D eigenvalue weighted by Crippen LogP contribution is 2.40. The van der Waals surface area contributed by atoms with Crippen LogP contribution in [0.5, 0.6) is 0 Å². The summed E-state index contributed by atoms with van der Waals surface area (Å²) in [4.78, 5) is 12.2. The van der Waals surface area contributed by atoms with Crippen molar-refractivity contribution >= 4 is 5.78 Å².